The molecule has 1 heterocycles. The molecule has 1 unspecified atom stereocenters. The molecule has 21 heavy (non-hydrogen) atoms. The van der Waals surface area contributed by atoms with Crippen molar-refractivity contribution in [2.24, 2.45) is 5.92 Å². The zero-order valence-corrected chi connectivity index (χ0v) is 11.5. The van der Waals surface area contributed by atoms with Crippen molar-refractivity contribution in [3.63, 3.8) is 0 Å². The van der Waals surface area contributed by atoms with Crippen LogP contribution in [0.15, 0.2) is 60.7 Å². The Morgan fingerprint density at radius 2 is 1.62 bits per heavy atom. The zero-order chi connectivity index (χ0) is 14.7. The summed E-state index contributed by atoms with van der Waals surface area (Å²) in [5, 5.41) is 2.80. The topological polar surface area (TPSA) is 49.4 Å². The lowest BCUT2D eigenvalue weighted by molar-refractivity contribution is -0.129. The van der Waals surface area contributed by atoms with Gasteiger partial charge in [-0.3, -0.25) is 9.59 Å². The van der Waals surface area contributed by atoms with Crippen molar-refractivity contribution in [3.05, 3.63) is 60.7 Å². The smallest absolute Gasteiger partial charge is 0.239 e. The van der Waals surface area contributed by atoms with Gasteiger partial charge in [0, 0.05) is 17.9 Å². The molecule has 0 aromatic heterocycles. The number of nitrogens with zero attached hydrogens (tertiary/aromatic N) is 1. The maximum Gasteiger partial charge on any atom is 0.239 e. The van der Waals surface area contributed by atoms with Gasteiger partial charge in [-0.15, -0.1) is 0 Å². The van der Waals surface area contributed by atoms with Crippen molar-refractivity contribution in [1.82, 2.24) is 0 Å². The first-order chi connectivity index (χ1) is 10.3. The van der Waals surface area contributed by atoms with Crippen LogP contribution in [-0.4, -0.2) is 18.4 Å². The van der Waals surface area contributed by atoms with Gasteiger partial charge in [0.1, 0.15) is 5.92 Å². The predicted octanol–water partition coefficient (Wildman–Crippen LogP) is 2.68. The highest BCUT2D eigenvalue weighted by atomic mass is 16.2. The van der Waals surface area contributed by atoms with Gasteiger partial charge in [-0.2, -0.15) is 0 Å². The molecule has 0 spiro atoms. The molecule has 0 saturated carbocycles. The minimum atomic E-state index is -0.606. The van der Waals surface area contributed by atoms with E-state index >= 15 is 0 Å². The zero-order valence-electron chi connectivity index (χ0n) is 11.5. The largest absolute Gasteiger partial charge is 0.325 e. The lowest BCUT2D eigenvalue weighted by atomic mass is 10.1. The Labute approximate surface area is 123 Å². The summed E-state index contributed by atoms with van der Waals surface area (Å²) in [5.74, 6) is -0.968. The van der Waals surface area contributed by atoms with Crippen LogP contribution in [0.4, 0.5) is 11.4 Å². The quantitative estimate of drug-likeness (QED) is 0.879. The summed E-state index contributed by atoms with van der Waals surface area (Å²) in [6.07, 6.45) is 0.548. The minimum absolute atomic E-state index is 0.130. The number of hydrogen-bond donors (Lipinski definition) is 1. The first kappa shape index (κ1) is 13.4. The Kier molecular flexibility index (Phi) is 3.69. The number of anilines is 2. The van der Waals surface area contributed by atoms with Crippen LogP contribution in [0, 0.1) is 5.92 Å². The van der Waals surface area contributed by atoms with Gasteiger partial charge in [-0.1, -0.05) is 36.4 Å². The Morgan fingerprint density at radius 1 is 1.00 bits per heavy atom. The number of benzene rings is 2. The van der Waals surface area contributed by atoms with Crippen molar-refractivity contribution in [3.8, 4) is 0 Å². The monoisotopic (exact) mass is 280 g/mol. The molecule has 106 valence electrons. The van der Waals surface area contributed by atoms with E-state index in [9.17, 15) is 9.59 Å². The molecule has 0 aliphatic carbocycles. The van der Waals surface area contributed by atoms with E-state index in [1.807, 2.05) is 60.7 Å². The van der Waals surface area contributed by atoms with Gasteiger partial charge < -0.3 is 10.2 Å². The highest BCUT2D eigenvalue weighted by Gasteiger charge is 2.37. The second-order valence-corrected chi connectivity index (χ2v) is 5.02. The fourth-order valence-electron chi connectivity index (χ4n) is 2.54. The molecule has 4 heteroatoms. The maximum absolute atomic E-state index is 12.4. The molecule has 3 rings (SSSR count). The van der Waals surface area contributed by atoms with Crippen molar-refractivity contribution in [1.29, 1.82) is 0 Å². The summed E-state index contributed by atoms with van der Waals surface area (Å²) in [5.41, 5.74) is 1.56. The summed E-state index contributed by atoms with van der Waals surface area (Å²) >= 11 is 0. The molecule has 4 nitrogen and oxygen atoms in total. The Balaban J connectivity index is 1.70. The molecule has 1 N–H and O–H groups in total. The van der Waals surface area contributed by atoms with Gasteiger partial charge >= 0.3 is 0 Å². The van der Waals surface area contributed by atoms with Gasteiger partial charge in [-0.05, 0) is 30.7 Å². The molecular formula is C17H16N2O2. The van der Waals surface area contributed by atoms with Gasteiger partial charge in [0.2, 0.25) is 11.8 Å². The number of amides is 2. The van der Waals surface area contributed by atoms with Crippen LogP contribution >= 0.6 is 0 Å². The number of carbonyl (C=O) groups excluding carboxylic acids is 2. The maximum atomic E-state index is 12.4. The average molecular weight is 280 g/mol. The summed E-state index contributed by atoms with van der Waals surface area (Å²) in [7, 11) is 0. The number of nitrogens with one attached hydrogen (secondary N) is 1. The SMILES string of the molecule is O=C(Nc1ccccc1)C1CCN(c2ccccc2)C1=O. The van der Waals surface area contributed by atoms with Crippen LogP contribution in [0.25, 0.3) is 0 Å². The molecule has 0 bridgehead atoms. The normalized spacial score (nSPS) is 17.8. The standard InChI is InChI=1S/C17H16N2O2/c20-16(18-13-7-3-1-4-8-13)15-11-12-19(17(15)21)14-9-5-2-6-10-14/h1-10,15H,11-12H2,(H,18,20). The number of rotatable bonds is 3. The fourth-order valence-corrected chi connectivity index (χ4v) is 2.54. The molecule has 1 fully saturated rings. The van der Waals surface area contributed by atoms with Gasteiger partial charge in [-0.25, -0.2) is 0 Å². The van der Waals surface area contributed by atoms with E-state index in [0.29, 0.717) is 18.7 Å². The van der Waals surface area contributed by atoms with E-state index in [-0.39, 0.29) is 11.8 Å². The lowest BCUT2D eigenvalue weighted by Crippen LogP contribution is -2.32. The van der Waals surface area contributed by atoms with Crippen molar-refractivity contribution < 1.29 is 9.59 Å². The van der Waals surface area contributed by atoms with Crippen molar-refractivity contribution >= 4 is 23.2 Å². The number of carbonyl (C=O) groups is 2. The van der Waals surface area contributed by atoms with Crippen LogP contribution in [0.1, 0.15) is 6.42 Å². The summed E-state index contributed by atoms with van der Waals surface area (Å²) in [6.45, 7) is 0.579. The summed E-state index contributed by atoms with van der Waals surface area (Å²) < 4.78 is 0. The second kappa shape index (κ2) is 5.79. The van der Waals surface area contributed by atoms with Gasteiger partial charge in [0.05, 0.1) is 0 Å². The highest BCUT2D eigenvalue weighted by Crippen LogP contribution is 2.25. The minimum Gasteiger partial charge on any atom is -0.325 e. The second-order valence-electron chi connectivity index (χ2n) is 5.02. The van der Waals surface area contributed by atoms with Crippen LogP contribution in [0.5, 0.6) is 0 Å². The molecule has 1 aliphatic rings. The first-order valence-corrected chi connectivity index (χ1v) is 6.98. The van der Waals surface area contributed by atoms with Crippen LogP contribution < -0.4 is 10.2 Å². The Morgan fingerprint density at radius 3 is 2.29 bits per heavy atom. The summed E-state index contributed by atoms with van der Waals surface area (Å²) in [6, 6.07) is 18.7. The van der Waals surface area contributed by atoms with E-state index in [2.05, 4.69) is 5.32 Å². The third-order valence-electron chi connectivity index (χ3n) is 3.63. The van der Waals surface area contributed by atoms with Crippen molar-refractivity contribution in [2.75, 3.05) is 16.8 Å². The molecule has 1 saturated heterocycles. The van der Waals surface area contributed by atoms with Gasteiger partial charge in [0.25, 0.3) is 0 Å². The molecule has 2 aromatic rings. The number of hydrogen-bond acceptors (Lipinski definition) is 2. The van der Waals surface area contributed by atoms with Crippen LogP contribution in [0.3, 0.4) is 0 Å². The fraction of sp³-hybridized carbons (Fsp3) is 0.176. The third kappa shape index (κ3) is 2.79. The summed E-state index contributed by atoms with van der Waals surface area (Å²) in [4.78, 5) is 26.3. The van der Waals surface area contributed by atoms with Gasteiger partial charge in [0.15, 0.2) is 0 Å². The van der Waals surface area contributed by atoms with E-state index in [1.165, 1.54) is 0 Å². The first-order valence-electron chi connectivity index (χ1n) is 6.98. The molecule has 1 atom stereocenters. The van der Waals surface area contributed by atoms with Crippen LogP contribution in [0.2, 0.25) is 0 Å². The van der Waals surface area contributed by atoms with E-state index in [0.717, 1.165) is 5.69 Å². The highest BCUT2D eigenvalue weighted by molar-refractivity contribution is 6.13. The van der Waals surface area contributed by atoms with E-state index in [4.69, 9.17) is 0 Å². The molecule has 2 amide bonds. The van der Waals surface area contributed by atoms with E-state index in [1.54, 1.807) is 4.90 Å². The average Bonchev–Trinajstić information content (AvgIpc) is 2.91. The Hall–Kier alpha value is -2.62. The number of para-hydroxylation sites is 2. The van der Waals surface area contributed by atoms with Crippen LogP contribution in [-0.2, 0) is 9.59 Å². The molecule has 1 aliphatic heterocycles. The molecular weight excluding hydrogens is 264 g/mol. The molecule has 2 aromatic carbocycles. The van der Waals surface area contributed by atoms with Crippen molar-refractivity contribution in [2.45, 2.75) is 6.42 Å². The van der Waals surface area contributed by atoms with E-state index < -0.39 is 5.92 Å². The lowest BCUT2D eigenvalue weighted by Gasteiger charge is -2.16. The Bertz CT molecular complexity index is 640. The predicted molar refractivity (Wildman–Crippen MR) is 82.0 cm³/mol. The molecule has 0 radical (unpaired) electrons. The third-order valence-corrected chi connectivity index (χ3v) is 3.63.